The first-order valence-corrected chi connectivity index (χ1v) is 8.88. The van der Waals surface area contributed by atoms with Gasteiger partial charge in [0.15, 0.2) is 0 Å². The molecule has 2 aromatic rings. The molecular weight excluding hydrogens is 402 g/mol. The number of nitrogens with zero attached hydrogens (tertiary/aromatic N) is 2. The van der Waals surface area contributed by atoms with Crippen LogP contribution in [0.5, 0.6) is 0 Å². The quantitative estimate of drug-likeness (QED) is 0.410. The maximum atomic E-state index is 12.9. The molecule has 0 bridgehead atoms. The van der Waals surface area contributed by atoms with Gasteiger partial charge in [-0.15, -0.1) is 0 Å². The number of carbonyl (C=O) groups is 1. The van der Waals surface area contributed by atoms with E-state index < -0.39 is 5.54 Å². The molecule has 2 rings (SSSR count). The van der Waals surface area contributed by atoms with E-state index in [-0.39, 0.29) is 5.91 Å². The van der Waals surface area contributed by atoms with Crippen LogP contribution in [0, 0.1) is 0 Å². The number of hydrogen-bond donors (Lipinski definition) is 0. The SMILES string of the molecule is CC(C)(C)N(/N=C/c1cc(Cl)cc(Cl)c1)C(=O)c1cc(Cl)cc(Cl)c1. The monoisotopic (exact) mass is 416 g/mol. The van der Waals surface area contributed by atoms with Crippen LogP contribution in [0.3, 0.4) is 0 Å². The minimum Gasteiger partial charge on any atom is -0.267 e. The average Bonchev–Trinajstić information content (AvgIpc) is 2.43. The summed E-state index contributed by atoms with van der Waals surface area (Å²) in [5.41, 5.74) is 0.475. The van der Waals surface area contributed by atoms with Gasteiger partial charge < -0.3 is 0 Å². The number of rotatable bonds is 3. The van der Waals surface area contributed by atoms with Crippen LogP contribution in [0.15, 0.2) is 41.5 Å². The standard InChI is InChI=1S/C18H16Cl4N2O/c1-18(2,3)24(17(25)12-6-15(21)9-16(22)7-12)23-10-11-4-13(19)8-14(20)5-11/h4-10H,1-3H3/b23-10+. The number of amides is 1. The van der Waals surface area contributed by atoms with Crippen molar-refractivity contribution in [3.63, 3.8) is 0 Å². The van der Waals surface area contributed by atoms with Gasteiger partial charge in [0.25, 0.3) is 5.91 Å². The Hall–Kier alpha value is -1.26. The molecule has 0 saturated heterocycles. The molecule has 0 N–H and O–H groups in total. The molecule has 0 unspecified atom stereocenters. The van der Waals surface area contributed by atoms with E-state index in [0.717, 1.165) is 0 Å². The van der Waals surface area contributed by atoms with E-state index in [1.54, 1.807) is 36.4 Å². The van der Waals surface area contributed by atoms with Crippen molar-refractivity contribution in [3.8, 4) is 0 Å². The molecule has 3 nitrogen and oxygen atoms in total. The minimum absolute atomic E-state index is 0.318. The highest BCUT2D eigenvalue weighted by molar-refractivity contribution is 6.35. The van der Waals surface area contributed by atoms with Crippen molar-refractivity contribution in [2.75, 3.05) is 0 Å². The smallest absolute Gasteiger partial charge is 0.267 e. The molecule has 0 aliphatic rings. The molecule has 1 amide bonds. The zero-order valence-electron chi connectivity index (χ0n) is 13.9. The van der Waals surface area contributed by atoms with Crippen LogP contribution in [0.25, 0.3) is 0 Å². The van der Waals surface area contributed by atoms with Crippen molar-refractivity contribution >= 4 is 58.5 Å². The third-order valence-corrected chi connectivity index (χ3v) is 4.02. The Kier molecular flexibility index (Phi) is 6.39. The Morgan fingerprint density at radius 1 is 0.880 bits per heavy atom. The predicted octanol–water partition coefficient (Wildman–Crippen LogP) is 6.58. The van der Waals surface area contributed by atoms with E-state index in [1.165, 1.54) is 11.2 Å². The normalized spacial score (nSPS) is 11.8. The molecule has 132 valence electrons. The van der Waals surface area contributed by atoms with Gasteiger partial charge in [0.2, 0.25) is 0 Å². The summed E-state index contributed by atoms with van der Waals surface area (Å²) in [6.45, 7) is 5.62. The largest absolute Gasteiger partial charge is 0.274 e. The Morgan fingerprint density at radius 2 is 1.32 bits per heavy atom. The molecule has 0 aliphatic heterocycles. The highest BCUT2D eigenvalue weighted by atomic mass is 35.5. The average molecular weight is 418 g/mol. The van der Waals surface area contributed by atoms with Crippen molar-refractivity contribution in [2.24, 2.45) is 5.10 Å². The maximum Gasteiger partial charge on any atom is 0.274 e. The zero-order chi connectivity index (χ0) is 18.8. The molecule has 0 fully saturated rings. The van der Waals surface area contributed by atoms with Crippen LogP contribution in [0.4, 0.5) is 0 Å². The van der Waals surface area contributed by atoms with Crippen molar-refractivity contribution in [1.29, 1.82) is 0 Å². The summed E-state index contributed by atoms with van der Waals surface area (Å²) in [6.07, 6.45) is 1.53. The third kappa shape index (κ3) is 5.61. The Labute approximate surface area is 167 Å². The summed E-state index contributed by atoms with van der Waals surface area (Å²) in [5, 5.41) is 7.45. The number of hydrogen-bond acceptors (Lipinski definition) is 2. The second-order valence-electron chi connectivity index (χ2n) is 6.39. The lowest BCUT2D eigenvalue weighted by Crippen LogP contribution is -2.42. The van der Waals surface area contributed by atoms with E-state index in [9.17, 15) is 4.79 Å². The van der Waals surface area contributed by atoms with Crippen molar-refractivity contribution in [1.82, 2.24) is 5.01 Å². The van der Waals surface area contributed by atoms with E-state index in [2.05, 4.69) is 5.10 Å². The fourth-order valence-corrected chi connectivity index (χ4v) is 3.17. The molecule has 0 radical (unpaired) electrons. The summed E-state index contributed by atoms with van der Waals surface area (Å²) in [5.74, 6) is -0.318. The van der Waals surface area contributed by atoms with E-state index in [4.69, 9.17) is 46.4 Å². The number of hydrazone groups is 1. The number of halogens is 4. The van der Waals surface area contributed by atoms with Gasteiger partial charge in [0.1, 0.15) is 0 Å². The Bertz CT molecular complexity index is 788. The lowest BCUT2D eigenvalue weighted by Gasteiger charge is -2.31. The van der Waals surface area contributed by atoms with Crippen LogP contribution in [-0.2, 0) is 0 Å². The Morgan fingerprint density at radius 3 is 1.76 bits per heavy atom. The first kappa shape index (κ1) is 20.1. The maximum absolute atomic E-state index is 12.9. The molecular formula is C18H16Cl4N2O. The number of carbonyl (C=O) groups excluding carboxylic acids is 1. The van der Waals surface area contributed by atoms with E-state index in [1.807, 2.05) is 20.8 Å². The summed E-state index contributed by atoms with van der Waals surface area (Å²) < 4.78 is 0. The summed E-state index contributed by atoms with van der Waals surface area (Å²) in [4.78, 5) is 12.9. The molecule has 0 atom stereocenters. The third-order valence-electron chi connectivity index (χ3n) is 3.14. The first-order chi connectivity index (χ1) is 11.6. The van der Waals surface area contributed by atoms with Crippen LogP contribution >= 0.6 is 46.4 Å². The van der Waals surface area contributed by atoms with Crippen LogP contribution in [0.2, 0.25) is 20.1 Å². The van der Waals surface area contributed by atoms with Crippen LogP contribution in [0.1, 0.15) is 36.7 Å². The number of benzene rings is 2. The van der Waals surface area contributed by atoms with E-state index >= 15 is 0 Å². The summed E-state index contributed by atoms with van der Waals surface area (Å²) in [6, 6.07) is 9.72. The van der Waals surface area contributed by atoms with Crippen LogP contribution < -0.4 is 0 Å². The highest BCUT2D eigenvalue weighted by Gasteiger charge is 2.27. The topological polar surface area (TPSA) is 32.7 Å². The zero-order valence-corrected chi connectivity index (χ0v) is 16.9. The van der Waals surface area contributed by atoms with Crippen LogP contribution in [-0.4, -0.2) is 22.7 Å². The van der Waals surface area contributed by atoms with Crippen molar-refractivity contribution in [3.05, 3.63) is 67.6 Å². The second kappa shape index (κ2) is 7.96. The van der Waals surface area contributed by atoms with Gasteiger partial charge >= 0.3 is 0 Å². The molecule has 0 heterocycles. The first-order valence-electron chi connectivity index (χ1n) is 7.37. The van der Waals surface area contributed by atoms with Crippen molar-refractivity contribution in [2.45, 2.75) is 26.3 Å². The summed E-state index contributed by atoms with van der Waals surface area (Å²) in [7, 11) is 0. The molecule has 0 aromatic heterocycles. The second-order valence-corrected chi connectivity index (χ2v) is 8.14. The molecule has 2 aromatic carbocycles. The predicted molar refractivity (Wildman–Crippen MR) is 106 cm³/mol. The van der Waals surface area contributed by atoms with Crippen molar-refractivity contribution < 1.29 is 4.79 Å². The van der Waals surface area contributed by atoms with Gasteiger partial charge in [-0.1, -0.05) is 46.4 Å². The molecule has 25 heavy (non-hydrogen) atoms. The fraction of sp³-hybridized carbons (Fsp3) is 0.222. The van der Waals surface area contributed by atoms with E-state index in [0.29, 0.717) is 31.2 Å². The van der Waals surface area contributed by atoms with Gasteiger partial charge in [-0.2, -0.15) is 5.10 Å². The highest BCUT2D eigenvalue weighted by Crippen LogP contribution is 2.24. The molecule has 0 spiro atoms. The van der Waals surface area contributed by atoms with Gasteiger partial charge in [-0.25, -0.2) is 5.01 Å². The molecule has 0 saturated carbocycles. The molecule has 0 aliphatic carbocycles. The lowest BCUT2D eigenvalue weighted by molar-refractivity contribution is 0.0593. The van der Waals surface area contributed by atoms with Gasteiger partial charge in [0, 0.05) is 25.7 Å². The van der Waals surface area contributed by atoms with Gasteiger partial charge in [0.05, 0.1) is 11.8 Å². The summed E-state index contributed by atoms with van der Waals surface area (Å²) >= 11 is 24.0. The van der Waals surface area contributed by atoms with Gasteiger partial charge in [-0.3, -0.25) is 4.79 Å². The Balaban J connectivity index is 2.39. The molecule has 7 heteroatoms. The lowest BCUT2D eigenvalue weighted by atomic mass is 10.1. The fourth-order valence-electron chi connectivity index (χ4n) is 2.10. The minimum atomic E-state index is -0.565. The van der Waals surface area contributed by atoms with Gasteiger partial charge in [-0.05, 0) is 62.7 Å².